The number of carbonyl (C=O) groups excluding carboxylic acids is 1. The van der Waals surface area contributed by atoms with Crippen LogP contribution in [0.1, 0.15) is 12.5 Å². The lowest BCUT2D eigenvalue weighted by atomic mass is 10.2. The maximum atomic E-state index is 11.5. The number of rotatable bonds is 6. The van der Waals surface area contributed by atoms with E-state index in [9.17, 15) is 4.79 Å². The van der Waals surface area contributed by atoms with Crippen molar-refractivity contribution in [3.05, 3.63) is 30.1 Å². The fraction of sp³-hybridized carbons (Fsp3) is 0.500. The number of hydrogen-bond acceptors (Lipinski definition) is 3. The first-order valence-electron chi connectivity index (χ1n) is 6.74. The zero-order chi connectivity index (χ0) is 14.8. The molecule has 0 bridgehead atoms. The van der Waals surface area contributed by atoms with Crippen molar-refractivity contribution in [3.63, 3.8) is 0 Å². The molecule has 0 aliphatic rings. The summed E-state index contributed by atoms with van der Waals surface area (Å²) in [6, 6.07) is 3.96. The van der Waals surface area contributed by atoms with Crippen LogP contribution in [0.5, 0.6) is 0 Å². The Morgan fingerprint density at radius 1 is 1.38 bits per heavy atom. The third-order valence-electron chi connectivity index (χ3n) is 2.64. The van der Waals surface area contributed by atoms with E-state index in [0.29, 0.717) is 5.96 Å². The van der Waals surface area contributed by atoms with Crippen molar-refractivity contribution >= 4 is 35.8 Å². The SMILES string of the molecule is CCNC(=NCC(=O)N(C)C)NCCc1cccnc1.I. The number of aromatic nitrogens is 1. The minimum atomic E-state index is -0.0190. The van der Waals surface area contributed by atoms with Crippen molar-refractivity contribution in [2.75, 3.05) is 33.7 Å². The van der Waals surface area contributed by atoms with Crippen LogP contribution in [0.4, 0.5) is 0 Å². The molecule has 0 unspecified atom stereocenters. The smallest absolute Gasteiger partial charge is 0.243 e. The Balaban J connectivity index is 0.00000400. The van der Waals surface area contributed by atoms with Gasteiger partial charge in [0.15, 0.2) is 5.96 Å². The summed E-state index contributed by atoms with van der Waals surface area (Å²) in [5.74, 6) is 0.640. The summed E-state index contributed by atoms with van der Waals surface area (Å²) in [7, 11) is 3.45. The number of guanidine groups is 1. The Kier molecular flexibility index (Phi) is 10.6. The van der Waals surface area contributed by atoms with Crippen LogP contribution >= 0.6 is 24.0 Å². The van der Waals surface area contributed by atoms with Gasteiger partial charge in [0.05, 0.1) is 0 Å². The normalized spacial score (nSPS) is 10.5. The molecule has 0 fully saturated rings. The van der Waals surface area contributed by atoms with Gasteiger partial charge in [-0.3, -0.25) is 9.78 Å². The third-order valence-corrected chi connectivity index (χ3v) is 2.64. The highest BCUT2D eigenvalue weighted by Gasteiger charge is 2.03. The molecule has 0 aliphatic carbocycles. The second-order valence-corrected chi connectivity index (χ2v) is 4.52. The van der Waals surface area contributed by atoms with Gasteiger partial charge in [0, 0.05) is 39.6 Å². The van der Waals surface area contributed by atoms with Crippen LogP contribution < -0.4 is 10.6 Å². The Morgan fingerprint density at radius 3 is 2.71 bits per heavy atom. The van der Waals surface area contributed by atoms with Gasteiger partial charge in [-0.15, -0.1) is 24.0 Å². The van der Waals surface area contributed by atoms with E-state index in [2.05, 4.69) is 20.6 Å². The van der Waals surface area contributed by atoms with E-state index in [4.69, 9.17) is 0 Å². The summed E-state index contributed by atoms with van der Waals surface area (Å²) >= 11 is 0. The largest absolute Gasteiger partial charge is 0.357 e. The lowest BCUT2D eigenvalue weighted by Crippen LogP contribution is -2.39. The monoisotopic (exact) mass is 405 g/mol. The van der Waals surface area contributed by atoms with E-state index in [1.807, 2.05) is 25.3 Å². The minimum Gasteiger partial charge on any atom is -0.357 e. The molecule has 2 N–H and O–H groups in total. The topological polar surface area (TPSA) is 69.6 Å². The first-order chi connectivity index (χ1) is 9.63. The van der Waals surface area contributed by atoms with Gasteiger partial charge < -0.3 is 15.5 Å². The van der Waals surface area contributed by atoms with Gasteiger partial charge in [0.25, 0.3) is 0 Å². The van der Waals surface area contributed by atoms with Crippen LogP contribution in [-0.4, -0.2) is 55.5 Å². The quantitative estimate of drug-likeness (QED) is 0.419. The second kappa shape index (κ2) is 11.3. The van der Waals surface area contributed by atoms with Crippen LogP contribution in [0, 0.1) is 0 Å². The van der Waals surface area contributed by atoms with Crippen molar-refractivity contribution in [2.45, 2.75) is 13.3 Å². The van der Waals surface area contributed by atoms with Gasteiger partial charge in [0.1, 0.15) is 6.54 Å². The number of carbonyl (C=O) groups is 1. The fourth-order valence-corrected chi connectivity index (χ4v) is 1.50. The molecular weight excluding hydrogens is 381 g/mol. The van der Waals surface area contributed by atoms with Crippen LogP contribution in [-0.2, 0) is 11.2 Å². The molecule has 0 saturated heterocycles. The number of nitrogens with one attached hydrogen (secondary N) is 2. The highest BCUT2D eigenvalue weighted by atomic mass is 127. The van der Waals surface area contributed by atoms with E-state index in [1.165, 1.54) is 10.5 Å². The van der Waals surface area contributed by atoms with Gasteiger partial charge in [-0.2, -0.15) is 0 Å². The third kappa shape index (κ3) is 8.49. The zero-order valence-electron chi connectivity index (χ0n) is 12.8. The summed E-state index contributed by atoms with van der Waals surface area (Å²) in [4.78, 5) is 21.4. The second-order valence-electron chi connectivity index (χ2n) is 4.52. The van der Waals surface area contributed by atoms with Gasteiger partial charge in [-0.25, -0.2) is 4.99 Å². The lowest BCUT2D eigenvalue weighted by Gasteiger charge is -2.12. The van der Waals surface area contributed by atoms with E-state index >= 15 is 0 Å². The van der Waals surface area contributed by atoms with E-state index in [-0.39, 0.29) is 36.4 Å². The molecule has 7 heteroatoms. The molecule has 1 rings (SSSR count). The summed E-state index contributed by atoms with van der Waals surface area (Å²) in [6.07, 6.45) is 4.47. The number of nitrogens with zero attached hydrogens (tertiary/aromatic N) is 3. The predicted octanol–water partition coefficient (Wildman–Crippen LogP) is 0.885. The standard InChI is InChI=1S/C14H23N5O.HI/c1-4-16-14(18-11-13(20)19(2)3)17-9-7-12-6-5-8-15-10-12;/h5-6,8,10H,4,7,9,11H2,1-3H3,(H2,16,17,18);1H. The molecule has 0 aromatic carbocycles. The van der Waals surface area contributed by atoms with Crippen LogP contribution in [0.15, 0.2) is 29.5 Å². The van der Waals surface area contributed by atoms with Crippen LogP contribution in [0.3, 0.4) is 0 Å². The fourth-order valence-electron chi connectivity index (χ4n) is 1.50. The summed E-state index contributed by atoms with van der Waals surface area (Å²) in [5, 5.41) is 6.32. The van der Waals surface area contributed by atoms with Crippen molar-refractivity contribution in [2.24, 2.45) is 4.99 Å². The predicted molar refractivity (Wildman–Crippen MR) is 96.0 cm³/mol. The number of halogens is 1. The highest BCUT2D eigenvalue weighted by Crippen LogP contribution is 1.95. The molecule has 0 radical (unpaired) electrons. The van der Waals surface area contributed by atoms with Crippen LogP contribution in [0.25, 0.3) is 0 Å². The number of pyridine rings is 1. The van der Waals surface area contributed by atoms with Gasteiger partial charge in [0.2, 0.25) is 5.91 Å². The van der Waals surface area contributed by atoms with Crippen LogP contribution in [0.2, 0.25) is 0 Å². The van der Waals surface area contributed by atoms with E-state index < -0.39 is 0 Å². The maximum absolute atomic E-state index is 11.5. The highest BCUT2D eigenvalue weighted by molar-refractivity contribution is 14.0. The number of aliphatic imine (C=N–C) groups is 1. The average molecular weight is 405 g/mol. The molecule has 1 aromatic rings. The van der Waals surface area contributed by atoms with E-state index in [0.717, 1.165) is 19.5 Å². The molecular formula is C14H24IN5O. The van der Waals surface area contributed by atoms with Crippen molar-refractivity contribution in [3.8, 4) is 0 Å². The summed E-state index contributed by atoms with van der Waals surface area (Å²) in [5.41, 5.74) is 1.17. The molecule has 6 nitrogen and oxygen atoms in total. The van der Waals surface area contributed by atoms with Crippen molar-refractivity contribution in [1.29, 1.82) is 0 Å². The Morgan fingerprint density at radius 2 is 2.14 bits per heavy atom. The maximum Gasteiger partial charge on any atom is 0.243 e. The first-order valence-corrected chi connectivity index (χ1v) is 6.74. The molecule has 1 heterocycles. The Labute approximate surface area is 143 Å². The van der Waals surface area contributed by atoms with Gasteiger partial charge >= 0.3 is 0 Å². The Hall–Kier alpha value is -1.38. The zero-order valence-corrected chi connectivity index (χ0v) is 15.1. The summed E-state index contributed by atoms with van der Waals surface area (Å²) in [6.45, 7) is 3.64. The first kappa shape index (κ1) is 19.6. The molecule has 21 heavy (non-hydrogen) atoms. The molecule has 1 amide bonds. The molecule has 0 spiro atoms. The average Bonchev–Trinajstić information content (AvgIpc) is 2.45. The minimum absolute atomic E-state index is 0. The van der Waals surface area contributed by atoms with E-state index in [1.54, 1.807) is 20.3 Å². The molecule has 0 aliphatic heterocycles. The molecule has 1 aromatic heterocycles. The van der Waals surface area contributed by atoms with Gasteiger partial charge in [-0.1, -0.05) is 6.07 Å². The van der Waals surface area contributed by atoms with Crippen molar-refractivity contribution < 1.29 is 4.79 Å². The summed E-state index contributed by atoms with van der Waals surface area (Å²) < 4.78 is 0. The van der Waals surface area contributed by atoms with Crippen molar-refractivity contribution in [1.82, 2.24) is 20.5 Å². The number of amides is 1. The molecule has 0 saturated carbocycles. The molecule has 118 valence electrons. The number of likely N-dealkylation sites (N-methyl/N-ethyl adjacent to an activating group) is 1. The molecule has 0 atom stereocenters. The number of hydrogen-bond donors (Lipinski definition) is 2. The Bertz CT molecular complexity index is 436. The lowest BCUT2D eigenvalue weighted by molar-refractivity contribution is -0.127. The van der Waals surface area contributed by atoms with Gasteiger partial charge in [-0.05, 0) is 25.0 Å².